The molecule has 0 aromatic carbocycles. The van der Waals surface area contributed by atoms with E-state index in [-0.39, 0.29) is 12.2 Å². The standard InChI is InChI=1S/C12H11N3O/c1-2-13-7-9-6-12(16)10-4-3-5-14-11(10)8-15-9/h2-5,7-8H,6H2,1H3/b9-7+,13-2?. The fraction of sp³-hybridized carbons (Fsp3) is 0.167. The number of pyridine rings is 1. The molecule has 0 atom stereocenters. The van der Waals surface area contributed by atoms with Gasteiger partial charge in [-0.25, -0.2) is 0 Å². The predicted molar refractivity (Wildman–Crippen MR) is 63.0 cm³/mol. The molecule has 0 radical (unpaired) electrons. The van der Waals surface area contributed by atoms with Crippen molar-refractivity contribution < 1.29 is 4.79 Å². The molecule has 0 aliphatic carbocycles. The maximum atomic E-state index is 11.9. The van der Waals surface area contributed by atoms with Crippen LogP contribution in [-0.2, 0) is 0 Å². The van der Waals surface area contributed by atoms with E-state index in [2.05, 4.69) is 15.0 Å². The average Bonchev–Trinajstić information content (AvgIpc) is 2.47. The topological polar surface area (TPSA) is 54.7 Å². The van der Waals surface area contributed by atoms with Gasteiger partial charge in [0.05, 0.1) is 24.0 Å². The minimum Gasteiger partial charge on any atom is -0.294 e. The van der Waals surface area contributed by atoms with Gasteiger partial charge in [-0.15, -0.1) is 0 Å². The smallest absolute Gasteiger partial charge is 0.171 e. The number of carbonyl (C=O) groups excluding carboxylic acids is 1. The molecule has 2 heterocycles. The van der Waals surface area contributed by atoms with Gasteiger partial charge < -0.3 is 0 Å². The molecule has 80 valence electrons. The third kappa shape index (κ3) is 2.11. The first-order chi connectivity index (χ1) is 7.81. The number of fused-ring (bicyclic) bond motifs is 1. The molecule has 4 nitrogen and oxygen atoms in total. The Morgan fingerprint density at radius 3 is 3.19 bits per heavy atom. The van der Waals surface area contributed by atoms with E-state index in [0.29, 0.717) is 17.0 Å². The summed E-state index contributed by atoms with van der Waals surface area (Å²) in [6.07, 6.45) is 6.78. The molecule has 4 heteroatoms. The highest BCUT2D eigenvalue weighted by molar-refractivity contribution is 6.05. The third-order valence-electron chi connectivity index (χ3n) is 2.21. The number of ketones is 1. The van der Waals surface area contributed by atoms with Crippen LogP contribution >= 0.6 is 0 Å². The van der Waals surface area contributed by atoms with Crippen LogP contribution in [0.5, 0.6) is 0 Å². The van der Waals surface area contributed by atoms with Crippen LogP contribution in [0.25, 0.3) is 0 Å². The fourth-order valence-electron chi connectivity index (χ4n) is 1.45. The molecule has 0 saturated heterocycles. The first kappa shape index (κ1) is 10.4. The Hall–Kier alpha value is -2.10. The lowest BCUT2D eigenvalue weighted by Crippen LogP contribution is -2.02. The lowest BCUT2D eigenvalue weighted by Gasteiger charge is -1.98. The maximum absolute atomic E-state index is 11.9. The summed E-state index contributed by atoms with van der Waals surface area (Å²) in [6.45, 7) is 1.82. The lowest BCUT2D eigenvalue weighted by molar-refractivity contribution is 0.0993. The molecule has 1 aliphatic rings. The number of Topliss-reactive ketones (excluding diaryl/α,β-unsaturated/α-hetero) is 1. The quantitative estimate of drug-likeness (QED) is 0.670. The summed E-state index contributed by atoms with van der Waals surface area (Å²) in [4.78, 5) is 24.1. The molecule has 1 aromatic heterocycles. The first-order valence-corrected chi connectivity index (χ1v) is 5.00. The summed E-state index contributed by atoms with van der Waals surface area (Å²) in [5, 5.41) is 0. The lowest BCUT2D eigenvalue weighted by atomic mass is 10.1. The summed E-state index contributed by atoms with van der Waals surface area (Å²) in [5.74, 6) is 0.0261. The van der Waals surface area contributed by atoms with Gasteiger partial charge >= 0.3 is 0 Å². The number of rotatable bonds is 1. The SMILES string of the molecule is CC=N/C=C1\CC(=O)c2cccnc2C=N1. The molecular weight excluding hydrogens is 202 g/mol. The largest absolute Gasteiger partial charge is 0.294 e. The van der Waals surface area contributed by atoms with Gasteiger partial charge in [-0.05, 0) is 19.1 Å². The summed E-state index contributed by atoms with van der Waals surface area (Å²) in [7, 11) is 0. The molecule has 0 spiro atoms. The minimum absolute atomic E-state index is 0.0261. The molecule has 1 aromatic rings. The highest BCUT2D eigenvalue weighted by atomic mass is 16.1. The highest BCUT2D eigenvalue weighted by Gasteiger charge is 2.15. The van der Waals surface area contributed by atoms with Crippen molar-refractivity contribution in [1.29, 1.82) is 0 Å². The molecule has 0 amide bonds. The van der Waals surface area contributed by atoms with Crippen molar-refractivity contribution in [2.24, 2.45) is 9.98 Å². The van der Waals surface area contributed by atoms with E-state index in [0.717, 1.165) is 0 Å². The van der Waals surface area contributed by atoms with Crippen molar-refractivity contribution in [2.75, 3.05) is 0 Å². The van der Waals surface area contributed by atoms with Crippen LogP contribution in [0.2, 0.25) is 0 Å². The molecule has 2 rings (SSSR count). The predicted octanol–water partition coefficient (Wildman–Crippen LogP) is 2.02. The second-order valence-corrected chi connectivity index (χ2v) is 3.32. The van der Waals surface area contributed by atoms with Crippen LogP contribution < -0.4 is 0 Å². The number of hydrogen-bond donors (Lipinski definition) is 0. The van der Waals surface area contributed by atoms with Crippen LogP contribution in [0, 0.1) is 0 Å². The van der Waals surface area contributed by atoms with Gasteiger partial charge in [0.15, 0.2) is 5.78 Å². The highest BCUT2D eigenvalue weighted by Crippen LogP contribution is 2.16. The van der Waals surface area contributed by atoms with Crippen LogP contribution in [-0.4, -0.2) is 23.2 Å². The van der Waals surface area contributed by atoms with Crippen molar-refractivity contribution in [2.45, 2.75) is 13.3 Å². The van der Waals surface area contributed by atoms with E-state index in [1.165, 1.54) is 0 Å². The third-order valence-corrected chi connectivity index (χ3v) is 2.21. The Morgan fingerprint density at radius 1 is 1.50 bits per heavy atom. The Bertz CT molecular complexity index is 501. The molecule has 0 saturated carbocycles. The normalized spacial score (nSPS) is 17.8. The zero-order valence-electron chi connectivity index (χ0n) is 8.92. The molecule has 0 fully saturated rings. The zero-order valence-corrected chi connectivity index (χ0v) is 8.92. The van der Waals surface area contributed by atoms with E-state index in [1.807, 2.05) is 6.92 Å². The Kier molecular flexibility index (Phi) is 3.00. The van der Waals surface area contributed by atoms with E-state index in [1.54, 1.807) is 37.0 Å². The average molecular weight is 213 g/mol. The second-order valence-electron chi connectivity index (χ2n) is 3.32. The van der Waals surface area contributed by atoms with Gasteiger partial charge in [0.2, 0.25) is 0 Å². The number of hydrogen-bond acceptors (Lipinski definition) is 4. The van der Waals surface area contributed by atoms with Crippen LogP contribution in [0.1, 0.15) is 29.4 Å². The summed E-state index contributed by atoms with van der Waals surface area (Å²) < 4.78 is 0. The fourth-order valence-corrected chi connectivity index (χ4v) is 1.45. The number of carbonyl (C=O) groups is 1. The van der Waals surface area contributed by atoms with Gasteiger partial charge in [-0.2, -0.15) is 0 Å². The summed E-state index contributed by atoms with van der Waals surface area (Å²) in [6, 6.07) is 3.52. The molecule has 16 heavy (non-hydrogen) atoms. The Morgan fingerprint density at radius 2 is 2.38 bits per heavy atom. The van der Waals surface area contributed by atoms with E-state index >= 15 is 0 Å². The van der Waals surface area contributed by atoms with Crippen molar-refractivity contribution in [1.82, 2.24) is 4.98 Å². The molecule has 0 unspecified atom stereocenters. The van der Waals surface area contributed by atoms with Crippen LogP contribution in [0.15, 0.2) is 40.2 Å². The number of allylic oxidation sites excluding steroid dienone is 1. The van der Waals surface area contributed by atoms with Crippen molar-refractivity contribution in [3.05, 3.63) is 41.5 Å². The first-order valence-electron chi connectivity index (χ1n) is 5.00. The summed E-state index contributed by atoms with van der Waals surface area (Å²) in [5.41, 5.74) is 1.90. The number of nitrogens with zero attached hydrogens (tertiary/aromatic N) is 3. The van der Waals surface area contributed by atoms with E-state index in [4.69, 9.17) is 0 Å². The number of aliphatic imine (C=N–C) groups is 2. The van der Waals surface area contributed by atoms with Crippen molar-refractivity contribution in [3.8, 4) is 0 Å². The Labute approximate surface area is 93.5 Å². The van der Waals surface area contributed by atoms with Crippen molar-refractivity contribution >= 4 is 18.2 Å². The molecule has 0 N–H and O–H groups in total. The van der Waals surface area contributed by atoms with Gasteiger partial charge in [0, 0.05) is 24.2 Å². The van der Waals surface area contributed by atoms with Gasteiger partial charge in [-0.1, -0.05) is 0 Å². The van der Waals surface area contributed by atoms with Crippen LogP contribution in [0.4, 0.5) is 0 Å². The van der Waals surface area contributed by atoms with Crippen molar-refractivity contribution in [3.63, 3.8) is 0 Å². The van der Waals surface area contributed by atoms with Crippen LogP contribution in [0.3, 0.4) is 0 Å². The summed E-state index contributed by atoms with van der Waals surface area (Å²) >= 11 is 0. The van der Waals surface area contributed by atoms with Gasteiger partial charge in [0.25, 0.3) is 0 Å². The Balaban J connectivity index is 2.39. The minimum atomic E-state index is 0.0261. The van der Waals surface area contributed by atoms with Gasteiger partial charge in [-0.3, -0.25) is 19.8 Å². The van der Waals surface area contributed by atoms with Gasteiger partial charge in [0.1, 0.15) is 0 Å². The monoisotopic (exact) mass is 213 g/mol. The zero-order chi connectivity index (χ0) is 11.4. The number of aromatic nitrogens is 1. The molecule has 0 bridgehead atoms. The maximum Gasteiger partial charge on any atom is 0.171 e. The van der Waals surface area contributed by atoms with E-state index in [9.17, 15) is 4.79 Å². The second kappa shape index (κ2) is 4.61. The van der Waals surface area contributed by atoms with E-state index < -0.39 is 0 Å². The molecule has 1 aliphatic heterocycles. The molecular formula is C12H11N3O.